The summed E-state index contributed by atoms with van der Waals surface area (Å²) in [6.07, 6.45) is 1.37. The molecule has 0 N–H and O–H groups in total. The molecule has 3 aromatic rings. The monoisotopic (exact) mass is 320 g/mol. The molecular formula is C15H14ClFN4O. The van der Waals surface area contributed by atoms with Gasteiger partial charge in [-0.05, 0) is 26.0 Å². The summed E-state index contributed by atoms with van der Waals surface area (Å²) in [6.45, 7) is 3.93. The van der Waals surface area contributed by atoms with Gasteiger partial charge in [-0.15, -0.1) is 0 Å². The molecule has 0 unspecified atom stereocenters. The third-order valence-corrected chi connectivity index (χ3v) is 3.64. The number of aromatic nitrogens is 4. The Bertz CT molecular complexity index is 847. The van der Waals surface area contributed by atoms with Gasteiger partial charge in [0.25, 0.3) is 0 Å². The van der Waals surface area contributed by atoms with Crippen molar-refractivity contribution in [2.24, 2.45) is 0 Å². The zero-order valence-electron chi connectivity index (χ0n) is 12.3. The van der Waals surface area contributed by atoms with Crippen LogP contribution < -0.4 is 4.74 Å². The van der Waals surface area contributed by atoms with Gasteiger partial charge < -0.3 is 9.30 Å². The van der Waals surface area contributed by atoms with Gasteiger partial charge in [0.1, 0.15) is 29.2 Å². The third-order valence-electron chi connectivity index (χ3n) is 3.37. The molecule has 0 spiro atoms. The normalized spacial score (nSPS) is 11.4. The fourth-order valence-corrected chi connectivity index (χ4v) is 2.61. The minimum atomic E-state index is -0.416. The first-order chi connectivity index (χ1) is 10.5. The summed E-state index contributed by atoms with van der Waals surface area (Å²) in [5, 5.41) is 0.237. The maximum absolute atomic E-state index is 14.4. The van der Waals surface area contributed by atoms with Gasteiger partial charge in [0.15, 0.2) is 10.8 Å². The molecule has 0 aliphatic carbocycles. The number of hydrogen-bond acceptors (Lipinski definition) is 4. The number of nitrogens with zero attached hydrogens (tertiary/aromatic N) is 4. The van der Waals surface area contributed by atoms with Crippen molar-refractivity contribution in [2.45, 2.75) is 19.9 Å². The topological polar surface area (TPSA) is 52.8 Å². The van der Waals surface area contributed by atoms with Gasteiger partial charge in [0.05, 0.1) is 12.7 Å². The van der Waals surface area contributed by atoms with E-state index in [-0.39, 0.29) is 16.8 Å². The van der Waals surface area contributed by atoms with Crippen molar-refractivity contribution in [3.05, 3.63) is 35.5 Å². The van der Waals surface area contributed by atoms with E-state index in [0.29, 0.717) is 22.7 Å². The van der Waals surface area contributed by atoms with Crippen molar-refractivity contribution in [1.29, 1.82) is 0 Å². The molecule has 0 aliphatic heterocycles. The SMILES string of the molecule is COc1cccc(F)c1-c1nc2c(Cl)ncnc2n1C(C)C. The summed E-state index contributed by atoms with van der Waals surface area (Å²) >= 11 is 6.10. The van der Waals surface area contributed by atoms with E-state index in [2.05, 4.69) is 15.0 Å². The van der Waals surface area contributed by atoms with Crippen LogP contribution in [0, 0.1) is 5.82 Å². The number of halogens is 2. The van der Waals surface area contributed by atoms with Gasteiger partial charge in [-0.2, -0.15) is 0 Å². The predicted octanol–water partition coefficient (Wildman–Crippen LogP) is 3.88. The Hall–Kier alpha value is -2.21. The molecule has 0 amide bonds. The minimum absolute atomic E-state index is 0.00952. The van der Waals surface area contributed by atoms with Crippen LogP contribution in [-0.4, -0.2) is 26.6 Å². The molecule has 0 aliphatic rings. The van der Waals surface area contributed by atoms with Crippen LogP contribution in [0.1, 0.15) is 19.9 Å². The molecule has 5 nitrogen and oxygen atoms in total. The van der Waals surface area contributed by atoms with Crippen molar-refractivity contribution in [2.75, 3.05) is 7.11 Å². The lowest BCUT2D eigenvalue weighted by Crippen LogP contribution is -2.06. The van der Waals surface area contributed by atoms with Crippen LogP contribution >= 0.6 is 11.6 Å². The zero-order chi connectivity index (χ0) is 15.9. The van der Waals surface area contributed by atoms with Gasteiger partial charge in [0, 0.05) is 6.04 Å². The summed E-state index contributed by atoms with van der Waals surface area (Å²) in [7, 11) is 1.49. The van der Waals surface area contributed by atoms with Gasteiger partial charge in [0.2, 0.25) is 0 Å². The first-order valence-electron chi connectivity index (χ1n) is 6.76. The highest BCUT2D eigenvalue weighted by molar-refractivity contribution is 6.33. The smallest absolute Gasteiger partial charge is 0.165 e. The predicted molar refractivity (Wildman–Crippen MR) is 82.7 cm³/mol. The molecule has 0 atom stereocenters. The number of imidazole rings is 1. The fourth-order valence-electron chi connectivity index (χ4n) is 2.44. The number of hydrogen-bond donors (Lipinski definition) is 0. The second-order valence-corrected chi connectivity index (χ2v) is 5.41. The number of benzene rings is 1. The second-order valence-electron chi connectivity index (χ2n) is 5.05. The average Bonchev–Trinajstić information content (AvgIpc) is 2.87. The fraction of sp³-hybridized carbons (Fsp3) is 0.267. The summed E-state index contributed by atoms with van der Waals surface area (Å²) < 4.78 is 21.5. The van der Waals surface area contributed by atoms with Crippen molar-refractivity contribution in [3.8, 4) is 17.1 Å². The number of methoxy groups -OCH3 is 1. The Labute approximate surface area is 131 Å². The highest BCUT2D eigenvalue weighted by Gasteiger charge is 2.23. The molecule has 2 aromatic heterocycles. The summed E-state index contributed by atoms with van der Waals surface area (Å²) in [6, 6.07) is 4.66. The van der Waals surface area contributed by atoms with E-state index in [9.17, 15) is 4.39 Å². The Morgan fingerprint density at radius 1 is 1.27 bits per heavy atom. The molecular weight excluding hydrogens is 307 g/mol. The molecule has 0 bridgehead atoms. The van der Waals surface area contributed by atoms with Crippen LogP contribution in [0.2, 0.25) is 5.15 Å². The van der Waals surface area contributed by atoms with E-state index in [1.807, 2.05) is 18.4 Å². The molecule has 22 heavy (non-hydrogen) atoms. The van der Waals surface area contributed by atoms with Gasteiger partial charge >= 0.3 is 0 Å². The largest absolute Gasteiger partial charge is 0.496 e. The Morgan fingerprint density at radius 3 is 2.73 bits per heavy atom. The van der Waals surface area contributed by atoms with E-state index >= 15 is 0 Å². The number of ether oxygens (including phenoxy) is 1. The van der Waals surface area contributed by atoms with Crippen LogP contribution in [0.25, 0.3) is 22.6 Å². The van der Waals surface area contributed by atoms with E-state index in [0.717, 1.165) is 0 Å². The molecule has 0 fully saturated rings. The molecule has 3 rings (SSSR count). The molecule has 2 heterocycles. The third kappa shape index (κ3) is 2.20. The molecule has 0 radical (unpaired) electrons. The molecule has 114 valence electrons. The lowest BCUT2D eigenvalue weighted by Gasteiger charge is -2.14. The average molecular weight is 321 g/mol. The molecule has 0 saturated heterocycles. The van der Waals surface area contributed by atoms with Crippen LogP contribution in [0.4, 0.5) is 4.39 Å². The number of fused-ring (bicyclic) bond motifs is 1. The Kier molecular flexibility index (Phi) is 3.70. The summed E-state index contributed by atoms with van der Waals surface area (Å²) in [4.78, 5) is 12.6. The highest BCUT2D eigenvalue weighted by atomic mass is 35.5. The maximum atomic E-state index is 14.4. The zero-order valence-corrected chi connectivity index (χ0v) is 13.1. The summed E-state index contributed by atoms with van der Waals surface area (Å²) in [5.74, 6) is 0.407. The molecule has 1 aromatic carbocycles. The van der Waals surface area contributed by atoms with Crippen molar-refractivity contribution in [3.63, 3.8) is 0 Å². The van der Waals surface area contributed by atoms with E-state index in [1.165, 1.54) is 19.5 Å². The van der Waals surface area contributed by atoms with Crippen molar-refractivity contribution in [1.82, 2.24) is 19.5 Å². The summed E-state index contributed by atoms with van der Waals surface area (Å²) in [5.41, 5.74) is 1.29. The highest BCUT2D eigenvalue weighted by Crippen LogP contribution is 2.36. The lowest BCUT2D eigenvalue weighted by molar-refractivity contribution is 0.412. The van der Waals surface area contributed by atoms with Crippen LogP contribution in [0.15, 0.2) is 24.5 Å². The molecule has 0 saturated carbocycles. The second kappa shape index (κ2) is 5.53. The minimum Gasteiger partial charge on any atom is -0.496 e. The first-order valence-corrected chi connectivity index (χ1v) is 7.13. The van der Waals surface area contributed by atoms with Gasteiger partial charge in [-0.3, -0.25) is 0 Å². The van der Waals surface area contributed by atoms with Crippen molar-refractivity contribution >= 4 is 22.8 Å². The maximum Gasteiger partial charge on any atom is 0.165 e. The molecule has 7 heteroatoms. The lowest BCUT2D eigenvalue weighted by atomic mass is 10.1. The quantitative estimate of drug-likeness (QED) is 0.687. The number of rotatable bonds is 3. The van der Waals surface area contributed by atoms with Crippen LogP contribution in [0.3, 0.4) is 0 Å². The van der Waals surface area contributed by atoms with Gasteiger partial charge in [-0.1, -0.05) is 17.7 Å². The van der Waals surface area contributed by atoms with Crippen LogP contribution in [-0.2, 0) is 0 Å². The van der Waals surface area contributed by atoms with Gasteiger partial charge in [-0.25, -0.2) is 19.3 Å². The van der Waals surface area contributed by atoms with E-state index < -0.39 is 5.82 Å². The standard InChI is InChI=1S/C15H14ClFN4O/c1-8(2)21-14(11-9(17)5-4-6-10(11)22-3)20-12-13(16)18-7-19-15(12)21/h4-8H,1-3H3. The first kappa shape index (κ1) is 14.7. The van der Waals surface area contributed by atoms with E-state index in [1.54, 1.807) is 12.1 Å². The van der Waals surface area contributed by atoms with Crippen LogP contribution in [0.5, 0.6) is 5.75 Å². The van der Waals surface area contributed by atoms with E-state index in [4.69, 9.17) is 16.3 Å². The Morgan fingerprint density at radius 2 is 2.05 bits per heavy atom. The Balaban J connectivity index is 2.42. The van der Waals surface area contributed by atoms with Crippen molar-refractivity contribution < 1.29 is 9.13 Å².